The second kappa shape index (κ2) is 34.3. The summed E-state index contributed by atoms with van der Waals surface area (Å²) in [5, 5.41) is 0. The van der Waals surface area contributed by atoms with Crippen molar-refractivity contribution in [3.8, 4) is 0 Å². The lowest BCUT2D eigenvalue weighted by Gasteiger charge is -2.39. The van der Waals surface area contributed by atoms with Gasteiger partial charge in [-0.2, -0.15) is 0 Å². The molecule has 0 saturated carbocycles. The number of rotatable bonds is 36. The number of likely N-dealkylation sites (tertiary alicyclic amines) is 1. The van der Waals surface area contributed by atoms with E-state index in [-0.39, 0.29) is 11.5 Å². The SMILES string of the molecule is CCCCC/C=C\C/C=C\CCCCCCCCC1(CCCCCCCC/C=C/C/C=C/CCCCC)C=NC(C(=O)OCC)N1CCCN1CCCC1. The molecule has 0 spiro atoms. The zero-order valence-corrected chi connectivity index (χ0v) is 36.0. The van der Waals surface area contributed by atoms with Gasteiger partial charge in [0.15, 0.2) is 0 Å². The molecule has 1 saturated heterocycles. The number of allylic oxidation sites excluding steroid dienone is 8. The number of carbonyl (C=O) groups excluding carboxylic acids is 1. The molecular formula is C49H87N3O2. The molecule has 2 aliphatic rings. The molecule has 5 nitrogen and oxygen atoms in total. The summed E-state index contributed by atoms with van der Waals surface area (Å²) >= 11 is 0. The Morgan fingerprint density at radius 3 is 1.50 bits per heavy atom. The minimum absolute atomic E-state index is 0.118. The summed E-state index contributed by atoms with van der Waals surface area (Å²) in [6.45, 7) is 11.4. The Labute approximate surface area is 335 Å². The van der Waals surface area contributed by atoms with Gasteiger partial charge >= 0.3 is 5.97 Å². The summed E-state index contributed by atoms with van der Waals surface area (Å²) in [7, 11) is 0. The van der Waals surface area contributed by atoms with Crippen molar-refractivity contribution in [1.29, 1.82) is 0 Å². The van der Waals surface area contributed by atoms with Crippen LogP contribution < -0.4 is 0 Å². The molecule has 0 aromatic carbocycles. The molecule has 0 aromatic rings. The average Bonchev–Trinajstić information content (AvgIpc) is 3.83. The van der Waals surface area contributed by atoms with Crippen molar-refractivity contribution in [2.75, 3.05) is 32.8 Å². The maximum Gasteiger partial charge on any atom is 0.346 e. The molecule has 2 aliphatic heterocycles. The smallest absolute Gasteiger partial charge is 0.346 e. The van der Waals surface area contributed by atoms with Crippen LogP contribution in [0.3, 0.4) is 0 Å². The maximum absolute atomic E-state index is 13.2. The van der Waals surface area contributed by atoms with Gasteiger partial charge in [-0.3, -0.25) is 9.89 Å². The quantitative estimate of drug-likeness (QED) is 0.0363. The number of ether oxygens (including phenoxy) is 1. The summed E-state index contributed by atoms with van der Waals surface area (Å²) in [5.41, 5.74) is -0.118. The van der Waals surface area contributed by atoms with Crippen molar-refractivity contribution >= 4 is 12.2 Å². The predicted octanol–water partition coefficient (Wildman–Crippen LogP) is 13.9. The first kappa shape index (κ1) is 48.2. The standard InChI is InChI=1S/C49H87N3O2/c1-4-7-9-11-13-15-17-19-21-23-25-27-29-31-33-35-40-49(41-36-34-32-30-28-26-24-22-20-18-16-14-12-10-8-5-2)46-50-47(48(53)54-6-3)52(49)45-39-44-51-42-37-38-43-51/h13-16,19-22,46-47H,4-12,17-18,23-45H2,1-3H3/b15-13-,16-14+,21-19-,22-20+. The fourth-order valence-electron chi connectivity index (χ4n) is 8.21. The van der Waals surface area contributed by atoms with E-state index in [0.29, 0.717) is 6.61 Å². The Balaban J connectivity index is 1.78. The van der Waals surface area contributed by atoms with Gasteiger partial charge in [0.2, 0.25) is 6.17 Å². The summed E-state index contributed by atoms with van der Waals surface area (Å²) in [4.78, 5) is 23.2. The largest absolute Gasteiger partial charge is 0.463 e. The first-order valence-electron chi connectivity index (χ1n) is 23.5. The van der Waals surface area contributed by atoms with E-state index in [9.17, 15) is 4.79 Å². The van der Waals surface area contributed by atoms with Gasteiger partial charge in [-0.05, 0) is 123 Å². The highest BCUT2D eigenvalue weighted by Crippen LogP contribution is 2.35. The highest BCUT2D eigenvalue weighted by molar-refractivity contribution is 5.84. The van der Waals surface area contributed by atoms with Crippen LogP contribution >= 0.6 is 0 Å². The van der Waals surface area contributed by atoms with Crippen LogP contribution in [-0.4, -0.2) is 66.5 Å². The third kappa shape index (κ3) is 23.2. The van der Waals surface area contributed by atoms with Crippen LogP contribution in [0.2, 0.25) is 0 Å². The molecule has 2 heterocycles. The van der Waals surface area contributed by atoms with Crippen LogP contribution in [0.25, 0.3) is 0 Å². The molecule has 0 amide bonds. The summed E-state index contributed by atoms with van der Waals surface area (Å²) < 4.78 is 5.58. The minimum atomic E-state index is -0.474. The fourth-order valence-corrected chi connectivity index (χ4v) is 8.21. The third-order valence-electron chi connectivity index (χ3n) is 11.5. The third-order valence-corrected chi connectivity index (χ3v) is 11.5. The van der Waals surface area contributed by atoms with E-state index in [0.717, 1.165) is 45.2 Å². The molecule has 54 heavy (non-hydrogen) atoms. The highest BCUT2D eigenvalue weighted by atomic mass is 16.5. The van der Waals surface area contributed by atoms with Gasteiger partial charge in [-0.1, -0.05) is 152 Å². The van der Waals surface area contributed by atoms with Gasteiger partial charge in [0.25, 0.3) is 0 Å². The lowest BCUT2D eigenvalue weighted by atomic mass is 9.85. The Morgan fingerprint density at radius 2 is 1.04 bits per heavy atom. The van der Waals surface area contributed by atoms with Crippen LogP contribution in [0.4, 0.5) is 0 Å². The van der Waals surface area contributed by atoms with Gasteiger partial charge < -0.3 is 9.64 Å². The molecule has 2 unspecified atom stereocenters. The van der Waals surface area contributed by atoms with Crippen molar-refractivity contribution in [2.45, 2.75) is 219 Å². The van der Waals surface area contributed by atoms with Crippen LogP contribution in [0.15, 0.2) is 53.6 Å². The zero-order valence-electron chi connectivity index (χ0n) is 36.0. The molecule has 0 N–H and O–H groups in total. The second-order valence-electron chi connectivity index (χ2n) is 16.3. The van der Waals surface area contributed by atoms with E-state index in [1.54, 1.807) is 0 Å². The normalized spacial score (nSPS) is 19.6. The predicted molar refractivity (Wildman–Crippen MR) is 237 cm³/mol. The topological polar surface area (TPSA) is 45.1 Å². The molecule has 2 atom stereocenters. The molecule has 1 fully saturated rings. The molecule has 5 heteroatoms. The Morgan fingerprint density at radius 1 is 0.593 bits per heavy atom. The van der Waals surface area contributed by atoms with Crippen molar-refractivity contribution in [3.63, 3.8) is 0 Å². The number of carbonyl (C=O) groups is 1. The highest BCUT2D eigenvalue weighted by Gasteiger charge is 2.45. The number of nitrogens with zero attached hydrogens (tertiary/aromatic N) is 3. The first-order valence-corrected chi connectivity index (χ1v) is 23.5. The van der Waals surface area contributed by atoms with Crippen LogP contribution in [0, 0.1) is 0 Å². The number of hydrogen-bond acceptors (Lipinski definition) is 5. The molecule has 2 rings (SSSR count). The van der Waals surface area contributed by atoms with Crippen molar-refractivity contribution in [3.05, 3.63) is 48.6 Å². The fraction of sp³-hybridized carbons (Fsp3) is 0.796. The molecule has 0 bridgehead atoms. The van der Waals surface area contributed by atoms with E-state index in [2.05, 4.69) is 78.5 Å². The van der Waals surface area contributed by atoms with Crippen molar-refractivity contribution in [1.82, 2.24) is 9.80 Å². The number of aliphatic imine (C=N–C) groups is 1. The summed E-state index contributed by atoms with van der Waals surface area (Å²) in [6.07, 6.45) is 56.9. The first-order chi connectivity index (χ1) is 26.7. The summed E-state index contributed by atoms with van der Waals surface area (Å²) in [5.74, 6) is -0.161. The van der Waals surface area contributed by atoms with Gasteiger partial charge in [-0.25, -0.2) is 4.79 Å². The van der Waals surface area contributed by atoms with E-state index in [1.165, 1.54) is 167 Å². The van der Waals surface area contributed by atoms with Crippen LogP contribution in [0.1, 0.15) is 207 Å². The zero-order chi connectivity index (χ0) is 38.6. The Kier molecular flexibility index (Phi) is 30.6. The molecule has 0 radical (unpaired) electrons. The van der Waals surface area contributed by atoms with Gasteiger partial charge in [0.05, 0.1) is 12.1 Å². The van der Waals surface area contributed by atoms with E-state index >= 15 is 0 Å². The van der Waals surface area contributed by atoms with Crippen molar-refractivity contribution < 1.29 is 9.53 Å². The molecule has 0 aliphatic carbocycles. The van der Waals surface area contributed by atoms with Crippen LogP contribution in [-0.2, 0) is 9.53 Å². The monoisotopic (exact) mass is 750 g/mol. The Bertz CT molecular complexity index is 976. The number of hydrogen-bond donors (Lipinski definition) is 0. The minimum Gasteiger partial charge on any atom is -0.463 e. The average molecular weight is 750 g/mol. The maximum atomic E-state index is 13.2. The van der Waals surface area contributed by atoms with Gasteiger partial charge in [0, 0.05) is 12.8 Å². The lowest BCUT2D eigenvalue weighted by molar-refractivity contribution is -0.150. The second-order valence-corrected chi connectivity index (χ2v) is 16.3. The van der Waals surface area contributed by atoms with Gasteiger partial charge in [0.1, 0.15) is 0 Å². The van der Waals surface area contributed by atoms with Crippen LogP contribution in [0.5, 0.6) is 0 Å². The van der Waals surface area contributed by atoms with E-state index in [1.807, 2.05) is 6.92 Å². The van der Waals surface area contributed by atoms with E-state index in [4.69, 9.17) is 9.73 Å². The van der Waals surface area contributed by atoms with Gasteiger partial charge in [-0.15, -0.1) is 0 Å². The number of esters is 1. The van der Waals surface area contributed by atoms with Crippen molar-refractivity contribution in [2.24, 2.45) is 4.99 Å². The Hall–Kier alpha value is -1.98. The number of unbranched alkanes of at least 4 members (excludes halogenated alkanes) is 18. The molecule has 0 aromatic heterocycles. The molecular weight excluding hydrogens is 663 g/mol. The lowest BCUT2D eigenvalue weighted by Crippen LogP contribution is -2.53. The van der Waals surface area contributed by atoms with E-state index < -0.39 is 6.17 Å². The molecule has 310 valence electrons. The summed E-state index contributed by atoms with van der Waals surface area (Å²) in [6, 6.07) is 0.